The third-order valence-electron chi connectivity index (χ3n) is 4.51. The lowest BCUT2D eigenvalue weighted by Crippen LogP contribution is -2.31. The normalized spacial score (nSPS) is 11.7. The highest BCUT2D eigenvalue weighted by atomic mass is 16.5. The van der Waals surface area contributed by atoms with Crippen molar-refractivity contribution in [2.45, 2.75) is 13.0 Å². The third kappa shape index (κ3) is 3.95. The number of amides is 1. The number of rotatable bonds is 6. The molecule has 0 aliphatic carbocycles. The summed E-state index contributed by atoms with van der Waals surface area (Å²) < 4.78 is 12.5. The second kappa shape index (κ2) is 7.95. The minimum Gasteiger partial charge on any atom is -0.497 e. The first kappa shape index (κ1) is 18.5. The first-order valence-corrected chi connectivity index (χ1v) is 8.60. The number of imidazole rings is 1. The zero-order valence-electron chi connectivity index (χ0n) is 15.9. The van der Waals surface area contributed by atoms with Crippen molar-refractivity contribution in [1.82, 2.24) is 14.9 Å². The van der Waals surface area contributed by atoms with Crippen molar-refractivity contribution in [2.24, 2.45) is 7.05 Å². The lowest BCUT2D eigenvalue weighted by Gasteiger charge is -2.20. The number of ether oxygens (including phenoxy) is 2. The molecule has 0 aliphatic heterocycles. The summed E-state index contributed by atoms with van der Waals surface area (Å²) in [6, 6.07) is 12.6. The van der Waals surface area contributed by atoms with Crippen LogP contribution in [0.3, 0.4) is 0 Å². The fourth-order valence-corrected chi connectivity index (χ4v) is 2.92. The zero-order chi connectivity index (χ0) is 19.4. The van der Waals surface area contributed by atoms with Gasteiger partial charge in [-0.05, 0) is 42.3 Å². The Hall–Kier alpha value is -3.28. The lowest BCUT2D eigenvalue weighted by molar-refractivity contribution is 0.0941. The van der Waals surface area contributed by atoms with Crippen LogP contribution in [0.25, 0.3) is 0 Å². The van der Waals surface area contributed by atoms with Crippen LogP contribution in [0.5, 0.6) is 11.5 Å². The predicted molar refractivity (Wildman–Crippen MR) is 103 cm³/mol. The smallest absolute Gasteiger partial charge is 0.252 e. The van der Waals surface area contributed by atoms with E-state index in [1.165, 1.54) is 0 Å². The van der Waals surface area contributed by atoms with Gasteiger partial charge < -0.3 is 19.4 Å². The monoisotopic (exact) mass is 365 g/mol. The van der Waals surface area contributed by atoms with Crippen LogP contribution >= 0.6 is 0 Å². The number of carbonyl (C=O) groups is 1. The molecule has 1 atom stereocenters. The molecule has 0 radical (unpaired) electrons. The molecule has 3 rings (SSSR count). The summed E-state index contributed by atoms with van der Waals surface area (Å²) in [5.41, 5.74) is 2.42. The first-order valence-electron chi connectivity index (χ1n) is 8.60. The van der Waals surface area contributed by atoms with Crippen molar-refractivity contribution in [3.8, 4) is 11.5 Å². The van der Waals surface area contributed by atoms with Gasteiger partial charge in [0, 0.05) is 25.0 Å². The second-order valence-electron chi connectivity index (χ2n) is 6.26. The molecular formula is C21H23N3O3. The molecule has 3 aromatic rings. The van der Waals surface area contributed by atoms with Gasteiger partial charge in [-0.1, -0.05) is 18.2 Å². The number of hydrogen-bond donors (Lipinski definition) is 1. The number of aryl methyl sites for hydroxylation is 2. The van der Waals surface area contributed by atoms with Crippen LogP contribution in [0.2, 0.25) is 0 Å². The average molecular weight is 365 g/mol. The van der Waals surface area contributed by atoms with E-state index in [1.54, 1.807) is 32.5 Å². The SMILES string of the molecule is COc1ccc(C(NC(=O)c2ccc(C)c(OC)c2)c2nccn2C)cc1. The Bertz CT molecular complexity index is 932. The molecule has 0 fully saturated rings. The van der Waals surface area contributed by atoms with E-state index in [0.29, 0.717) is 11.3 Å². The number of benzene rings is 2. The minimum atomic E-state index is -0.393. The van der Waals surface area contributed by atoms with Crippen molar-refractivity contribution < 1.29 is 14.3 Å². The summed E-state index contributed by atoms with van der Waals surface area (Å²) in [4.78, 5) is 17.3. The van der Waals surface area contributed by atoms with Crippen LogP contribution in [0.15, 0.2) is 54.9 Å². The Morgan fingerprint density at radius 2 is 1.85 bits per heavy atom. The highest BCUT2D eigenvalue weighted by molar-refractivity contribution is 5.95. The fraction of sp³-hybridized carbons (Fsp3) is 0.238. The van der Waals surface area contributed by atoms with E-state index in [-0.39, 0.29) is 5.91 Å². The van der Waals surface area contributed by atoms with Gasteiger partial charge in [-0.3, -0.25) is 4.79 Å². The van der Waals surface area contributed by atoms with Crippen molar-refractivity contribution in [3.63, 3.8) is 0 Å². The summed E-state index contributed by atoms with van der Waals surface area (Å²) in [6.07, 6.45) is 3.57. The van der Waals surface area contributed by atoms with E-state index in [0.717, 1.165) is 22.7 Å². The molecule has 6 heteroatoms. The number of nitrogens with one attached hydrogen (secondary N) is 1. The highest BCUT2D eigenvalue weighted by Gasteiger charge is 2.22. The molecule has 140 valence electrons. The van der Waals surface area contributed by atoms with Gasteiger partial charge in [-0.2, -0.15) is 0 Å². The van der Waals surface area contributed by atoms with Crippen molar-refractivity contribution in [1.29, 1.82) is 0 Å². The molecule has 1 N–H and O–H groups in total. The van der Waals surface area contributed by atoms with Crippen molar-refractivity contribution >= 4 is 5.91 Å². The Morgan fingerprint density at radius 1 is 1.11 bits per heavy atom. The molecule has 1 unspecified atom stereocenters. The topological polar surface area (TPSA) is 65.4 Å². The van der Waals surface area contributed by atoms with E-state index < -0.39 is 6.04 Å². The maximum Gasteiger partial charge on any atom is 0.252 e. The molecular weight excluding hydrogens is 342 g/mol. The van der Waals surface area contributed by atoms with Gasteiger partial charge in [0.05, 0.1) is 14.2 Å². The molecule has 0 saturated carbocycles. The van der Waals surface area contributed by atoms with Crippen LogP contribution in [0.1, 0.15) is 33.4 Å². The largest absolute Gasteiger partial charge is 0.497 e. The molecule has 2 aromatic carbocycles. The summed E-state index contributed by atoms with van der Waals surface area (Å²) in [6.45, 7) is 1.94. The Morgan fingerprint density at radius 3 is 2.44 bits per heavy atom. The van der Waals surface area contributed by atoms with Crippen LogP contribution in [0.4, 0.5) is 0 Å². The Kier molecular flexibility index (Phi) is 5.45. The van der Waals surface area contributed by atoms with Gasteiger partial charge in [0.15, 0.2) is 0 Å². The quantitative estimate of drug-likeness (QED) is 0.728. The Balaban J connectivity index is 1.93. The maximum atomic E-state index is 12.9. The van der Waals surface area contributed by atoms with Crippen LogP contribution in [0, 0.1) is 6.92 Å². The second-order valence-corrected chi connectivity index (χ2v) is 6.26. The van der Waals surface area contributed by atoms with Gasteiger partial charge in [0.1, 0.15) is 23.4 Å². The predicted octanol–water partition coefficient (Wildman–Crippen LogP) is 3.27. The van der Waals surface area contributed by atoms with Gasteiger partial charge in [0.25, 0.3) is 5.91 Å². The Labute approximate surface area is 158 Å². The van der Waals surface area contributed by atoms with Crippen LogP contribution in [-0.4, -0.2) is 29.7 Å². The van der Waals surface area contributed by atoms with Crippen molar-refractivity contribution in [2.75, 3.05) is 14.2 Å². The average Bonchev–Trinajstić information content (AvgIpc) is 3.12. The van der Waals surface area contributed by atoms with Crippen LogP contribution < -0.4 is 14.8 Å². The molecule has 1 heterocycles. The highest BCUT2D eigenvalue weighted by Crippen LogP contribution is 2.24. The number of aromatic nitrogens is 2. The standard InChI is InChI=1S/C21H23N3O3/c1-14-5-6-16(13-18(14)27-4)21(25)23-19(20-22-11-12-24(20)2)15-7-9-17(26-3)10-8-15/h5-13,19H,1-4H3,(H,23,25). The number of carbonyl (C=O) groups excluding carboxylic acids is 1. The first-order chi connectivity index (χ1) is 13.0. The number of methoxy groups -OCH3 is 2. The lowest BCUT2D eigenvalue weighted by atomic mass is 10.0. The summed E-state index contributed by atoms with van der Waals surface area (Å²) >= 11 is 0. The van der Waals surface area contributed by atoms with E-state index in [1.807, 2.05) is 55.1 Å². The van der Waals surface area contributed by atoms with E-state index in [2.05, 4.69) is 10.3 Å². The third-order valence-corrected chi connectivity index (χ3v) is 4.51. The minimum absolute atomic E-state index is 0.197. The summed E-state index contributed by atoms with van der Waals surface area (Å²) in [5.74, 6) is 1.98. The van der Waals surface area contributed by atoms with Gasteiger partial charge >= 0.3 is 0 Å². The molecule has 1 amide bonds. The van der Waals surface area contributed by atoms with Crippen LogP contribution in [-0.2, 0) is 7.05 Å². The van der Waals surface area contributed by atoms with Gasteiger partial charge in [-0.25, -0.2) is 4.98 Å². The number of nitrogens with zero attached hydrogens (tertiary/aromatic N) is 2. The number of hydrogen-bond acceptors (Lipinski definition) is 4. The van der Waals surface area contributed by atoms with Gasteiger partial charge in [-0.15, -0.1) is 0 Å². The fourth-order valence-electron chi connectivity index (χ4n) is 2.92. The van der Waals surface area contributed by atoms with E-state index in [9.17, 15) is 4.79 Å². The molecule has 0 bridgehead atoms. The summed E-state index contributed by atoms with van der Waals surface area (Å²) in [5, 5.41) is 3.08. The molecule has 0 saturated heterocycles. The maximum absolute atomic E-state index is 12.9. The molecule has 6 nitrogen and oxygen atoms in total. The summed E-state index contributed by atoms with van der Waals surface area (Å²) in [7, 11) is 5.12. The molecule has 0 spiro atoms. The molecule has 27 heavy (non-hydrogen) atoms. The van der Waals surface area contributed by atoms with Crippen molar-refractivity contribution in [3.05, 3.63) is 77.4 Å². The van der Waals surface area contributed by atoms with E-state index in [4.69, 9.17) is 9.47 Å². The molecule has 1 aromatic heterocycles. The zero-order valence-corrected chi connectivity index (χ0v) is 15.9. The van der Waals surface area contributed by atoms with Gasteiger partial charge in [0.2, 0.25) is 0 Å². The molecule has 0 aliphatic rings. The van der Waals surface area contributed by atoms with E-state index >= 15 is 0 Å².